The summed E-state index contributed by atoms with van der Waals surface area (Å²) in [6, 6.07) is 10.2. The van der Waals surface area contributed by atoms with Crippen LogP contribution in [0.25, 0.3) is 10.9 Å². The number of nitrogens with one attached hydrogen (secondary N) is 3. The molecule has 3 rings (SSSR count). The van der Waals surface area contributed by atoms with E-state index < -0.39 is 0 Å². The third-order valence-corrected chi connectivity index (χ3v) is 4.57. The molecule has 0 saturated carbocycles. The van der Waals surface area contributed by atoms with Crippen molar-refractivity contribution in [3.05, 3.63) is 36.0 Å². The number of aromatic amines is 1. The van der Waals surface area contributed by atoms with E-state index in [1.165, 1.54) is 12.8 Å². The fourth-order valence-corrected chi connectivity index (χ4v) is 3.10. The Morgan fingerprint density at radius 2 is 2.19 bits per heavy atom. The first-order valence-electron chi connectivity index (χ1n) is 7.66. The number of rotatable bonds is 3. The predicted octanol–water partition coefficient (Wildman–Crippen LogP) is 2.68. The second kappa shape index (κ2) is 5.53. The Bertz CT molecular complexity index is 611. The predicted molar refractivity (Wildman–Crippen MR) is 85.4 cm³/mol. The van der Waals surface area contributed by atoms with Gasteiger partial charge in [0.2, 0.25) is 0 Å². The molecule has 21 heavy (non-hydrogen) atoms. The molecule has 1 unspecified atom stereocenters. The highest BCUT2D eigenvalue weighted by Crippen LogP contribution is 2.29. The first kappa shape index (κ1) is 14.1. The molecule has 1 aromatic heterocycles. The van der Waals surface area contributed by atoms with E-state index in [1.54, 1.807) is 0 Å². The quantitative estimate of drug-likeness (QED) is 0.812. The first-order valence-corrected chi connectivity index (χ1v) is 7.66. The van der Waals surface area contributed by atoms with Gasteiger partial charge in [-0.05, 0) is 36.9 Å². The minimum atomic E-state index is -0.0330. The van der Waals surface area contributed by atoms with E-state index in [4.69, 9.17) is 0 Å². The first-order chi connectivity index (χ1) is 10.1. The van der Waals surface area contributed by atoms with Crippen LogP contribution in [0.5, 0.6) is 0 Å². The Morgan fingerprint density at radius 3 is 2.95 bits per heavy atom. The summed E-state index contributed by atoms with van der Waals surface area (Å²) in [6.07, 6.45) is 2.41. The average Bonchev–Trinajstić information content (AvgIpc) is 2.89. The molecule has 0 radical (unpaired) electrons. The van der Waals surface area contributed by atoms with E-state index in [1.807, 2.05) is 30.3 Å². The fourth-order valence-electron chi connectivity index (χ4n) is 3.10. The fraction of sp³-hybridized carbons (Fsp3) is 0.471. The summed E-state index contributed by atoms with van der Waals surface area (Å²) >= 11 is 0. The lowest BCUT2D eigenvalue weighted by atomic mass is 9.77. The van der Waals surface area contributed by atoms with E-state index in [0.29, 0.717) is 18.3 Å². The van der Waals surface area contributed by atoms with E-state index in [-0.39, 0.29) is 11.3 Å². The van der Waals surface area contributed by atoms with Gasteiger partial charge in [-0.1, -0.05) is 32.0 Å². The van der Waals surface area contributed by atoms with Crippen LogP contribution in [0.15, 0.2) is 30.3 Å². The zero-order valence-electron chi connectivity index (χ0n) is 12.7. The largest absolute Gasteiger partial charge is 0.351 e. The number of piperidine rings is 1. The number of benzene rings is 1. The van der Waals surface area contributed by atoms with Gasteiger partial charge in [0.25, 0.3) is 5.91 Å². The van der Waals surface area contributed by atoms with Gasteiger partial charge in [-0.3, -0.25) is 4.79 Å². The smallest absolute Gasteiger partial charge is 0.267 e. The highest BCUT2D eigenvalue weighted by atomic mass is 16.1. The maximum atomic E-state index is 12.3. The van der Waals surface area contributed by atoms with Gasteiger partial charge in [-0.15, -0.1) is 0 Å². The summed E-state index contributed by atoms with van der Waals surface area (Å²) in [6.45, 7) is 6.23. The number of amides is 1. The monoisotopic (exact) mass is 285 g/mol. The van der Waals surface area contributed by atoms with Crippen molar-refractivity contribution in [1.29, 1.82) is 0 Å². The molecule has 4 nitrogen and oxygen atoms in total. The number of aromatic nitrogens is 1. The minimum Gasteiger partial charge on any atom is -0.351 e. The van der Waals surface area contributed by atoms with E-state index in [0.717, 1.165) is 17.4 Å². The van der Waals surface area contributed by atoms with Crippen molar-refractivity contribution in [3.63, 3.8) is 0 Å². The third kappa shape index (κ3) is 2.95. The zero-order chi connectivity index (χ0) is 14.9. The van der Waals surface area contributed by atoms with Crippen molar-refractivity contribution in [1.82, 2.24) is 15.6 Å². The molecule has 0 aliphatic carbocycles. The van der Waals surface area contributed by atoms with Crippen LogP contribution < -0.4 is 10.6 Å². The van der Waals surface area contributed by atoms with Gasteiger partial charge < -0.3 is 15.6 Å². The molecule has 1 aliphatic heterocycles. The van der Waals surface area contributed by atoms with Crippen LogP contribution in [-0.2, 0) is 0 Å². The van der Waals surface area contributed by atoms with Crippen molar-refractivity contribution in [2.24, 2.45) is 5.41 Å². The Balaban J connectivity index is 1.66. The van der Waals surface area contributed by atoms with Crippen molar-refractivity contribution in [2.45, 2.75) is 32.7 Å². The standard InChI is InChI=1S/C17H23N3O/c1-17(2)8-5-9-18-15(17)11-19-16(21)14-10-12-6-3-4-7-13(12)20-14/h3-4,6-7,10,15,18,20H,5,8-9,11H2,1-2H3,(H,19,21). The number of hydrogen-bond donors (Lipinski definition) is 3. The molecule has 2 heterocycles. The second-order valence-corrected chi connectivity index (χ2v) is 6.58. The number of para-hydroxylation sites is 1. The summed E-state index contributed by atoms with van der Waals surface area (Å²) in [5, 5.41) is 7.64. The normalized spacial score (nSPS) is 21.3. The number of carbonyl (C=O) groups is 1. The highest BCUT2D eigenvalue weighted by Gasteiger charge is 2.32. The Hall–Kier alpha value is -1.81. The van der Waals surface area contributed by atoms with Crippen LogP contribution in [0.1, 0.15) is 37.2 Å². The van der Waals surface area contributed by atoms with E-state index >= 15 is 0 Å². The van der Waals surface area contributed by atoms with Gasteiger partial charge in [-0.2, -0.15) is 0 Å². The van der Waals surface area contributed by atoms with Crippen LogP contribution in [0.4, 0.5) is 0 Å². The number of hydrogen-bond acceptors (Lipinski definition) is 2. The Morgan fingerprint density at radius 1 is 1.38 bits per heavy atom. The van der Waals surface area contributed by atoms with Crippen molar-refractivity contribution < 1.29 is 4.79 Å². The van der Waals surface area contributed by atoms with Gasteiger partial charge in [-0.25, -0.2) is 0 Å². The van der Waals surface area contributed by atoms with E-state index in [2.05, 4.69) is 29.5 Å². The summed E-state index contributed by atoms with van der Waals surface area (Å²) in [5.41, 5.74) is 1.86. The number of fused-ring (bicyclic) bond motifs is 1. The molecular weight excluding hydrogens is 262 g/mol. The van der Waals surface area contributed by atoms with Gasteiger partial charge in [0.1, 0.15) is 5.69 Å². The van der Waals surface area contributed by atoms with Crippen LogP contribution in [0.3, 0.4) is 0 Å². The molecule has 1 atom stereocenters. The zero-order valence-corrected chi connectivity index (χ0v) is 12.7. The molecule has 3 N–H and O–H groups in total. The van der Waals surface area contributed by atoms with E-state index in [9.17, 15) is 4.79 Å². The maximum absolute atomic E-state index is 12.3. The molecule has 1 fully saturated rings. The topological polar surface area (TPSA) is 56.9 Å². The summed E-state index contributed by atoms with van der Waals surface area (Å²) in [5.74, 6) is -0.0330. The van der Waals surface area contributed by atoms with Gasteiger partial charge >= 0.3 is 0 Å². The van der Waals surface area contributed by atoms with Crippen molar-refractivity contribution >= 4 is 16.8 Å². The van der Waals surface area contributed by atoms with Gasteiger partial charge in [0.05, 0.1) is 0 Å². The molecule has 0 spiro atoms. The van der Waals surface area contributed by atoms with Crippen molar-refractivity contribution in [3.8, 4) is 0 Å². The molecule has 0 bridgehead atoms. The molecule has 1 saturated heterocycles. The molecular formula is C17H23N3O. The maximum Gasteiger partial charge on any atom is 0.267 e. The van der Waals surface area contributed by atoms with Crippen LogP contribution >= 0.6 is 0 Å². The summed E-state index contributed by atoms with van der Waals surface area (Å²) < 4.78 is 0. The minimum absolute atomic E-state index is 0.0330. The lowest BCUT2D eigenvalue weighted by molar-refractivity contribution is 0.0924. The highest BCUT2D eigenvalue weighted by molar-refractivity contribution is 5.97. The molecule has 1 aromatic carbocycles. The van der Waals surface area contributed by atoms with Gasteiger partial charge in [0.15, 0.2) is 0 Å². The average molecular weight is 285 g/mol. The van der Waals surface area contributed by atoms with Crippen LogP contribution in [0.2, 0.25) is 0 Å². The van der Waals surface area contributed by atoms with Gasteiger partial charge in [0, 0.05) is 23.5 Å². The van der Waals surface area contributed by atoms with Crippen LogP contribution in [0, 0.1) is 5.41 Å². The Labute approximate surface area is 125 Å². The Kier molecular flexibility index (Phi) is 3.72. The molecule has 1 amide bonds. The van der Waals surface area contributed by atoms with Crippen molar-refractivity contribution in [2.75, 3.05) is 13.1 Å². The third-order valence-electron chi connectivity index (χ3n) is 4.57. The molecule has 1 aliphatic rings. The SMILES string of the molecule is CC1(C)CCCNC1CNC(=O)c1cc2ccccc2[nH]1. The lowest BCUT2D eigenvalue weighted by Crippen LogP contribution is -2.52. The molecule has 2 aromatic rings. The number of H-pyrrole nitrogens is 1. The second-order valence-electron chi connectivity index (χ2n) is 6.58. The molecule has 112 valence electrons. The number of carbonyl (C=O) groups excluding carboxylic acids is 1. The molecule has 4 heteroatoms. The lowest BCUT2D eigenvalue weighted by Gasteiger charge is -2.39. The summed E-state index contributed by atoms with van der Waals surface area (Å²) in [7, 11) is 0. The van der Waals surface area contributed by atoms with Crippen LogP contribution in [-0.4, -0.2) is 30.0 Å². The summed E-state index contributed by atoms with van der Waals surface area (Å²) in [4.78, 5) is 15.5.